The molecule has 0 atom stereocenters. The summed E-state index contributed by atoms with van der Waals surface area (Å²) >= 11 is 0. The van der Waals surface area contributed by atoms with Crippen molar-refractivity contribution in [2.24, 2.45) is 0 Å². The summed E-state index contributed by atoms with van der Waals surface area (Å²) in [6.07, 6.45) is 3.84. The third-order valence-corrected chi connectivity index (χ3v) is 16.3. The minimum Gasteiger partial charge on any atom is -0.310 e. The van der Waals surface area contributed by atoms with Gasteiger partial charge in [0.2, 0.25) is 0 Å². The molecule has 6 rings (SSSR count). The second-order valence-corrected chi connectivity index (χ2v) is 20.0. The molecule has 0 radical (unpaired) electrons. The Labute approximate surface area is 258 Å². The molecule has 0 spiro atoms. The van der Waals surface area contributed by atoms with Crippen molar-refractivity contribution in [2.75, 3.05) is 4.90 Å². The lowest BCUT2D eigenvalue weighted by Gasteiger charge is -2.52. The summed E-state index contributed by atoms with van der Waals surface area (Å²) in [5.74, 6) is 0. The number of hydrogen-bond acceptors (Lipinski definition) is 3. The van der Waals surface area contributed by atoms with Crippen molar-refractivity contribution in [2.45, 2.75) is 70.9 Å². The van der Waals surface area contributed by atoms with E-state index in [4.69, 9.17) is 9.97 Å². The molecular weight excluding hydrogens is 539 g/mol. The van der Waals surface area contributed by atoms with Gasteiger partial charge in [-0.05, 0) is 74.9 Å². The van der Waals surface area contributed by atoms with E-state index in [0.29, 0.717) is 0 Å². The molecule has 1 aliphatic heterocycles. The standard InChI is InChI=1S/C39H43N3Si/c1-37(2,3)43(38(4,5)6,36-21-12-14-25-41-36)30-17-15-16-29(27-30)42-34-20-10-9-18-31(34)39(7,8)32-23-22-28(26-35(32)42)33-19-11-13-24-40-33/h9-27H,1-8H3. The van der Waals surface area contributed by atoms with Crippen molar-refractivity contribution in [1.82, 2.24) is 9.97 Å². The van der Waals surface area contributed by atoms with Crippen molar-refractivity contribution in [3.05, 3.63) is 127 Å². The molecule has 0 fully saturated rings. The highest BCUT2D eigenvalue weighted by atomic mass is 28.3. The van der Waals surface area contributed by atoms with Crippen molar-refractivity contribution in [1.29, 1.82) is 0 Å². The molecule has 3 nitrogen and oxygen atoms in total. The number of rotatable bonds is 4. The van der Waals surface area contributed by atoms with Crippen LogP contribution in [0.25, 0.3) is 11.3 Å². The van der Waals surface area contributed by atoms with Crippen LogP contribution in [0, 0.1) is 0 Å². The minimum absolute atomic E-state index is 0.0179. The van der Waals surface area contributed by atoms with Gasteiger partial charge in [-0.25, -0.2) is 0 Å². The van der Waals surface area contributed by atoms with Gasteiger partial charge in [-0.1, -0.05) is 110 Å². The Balaban J connectivity index is 1.64. The van der Waals surface area contributed by atoms with Gasteiger partial charge in [-0.15, -0.1) is 0 Å². The first kappa shape index (κ1) is 29.1. The number of nitrogens with zero attached hydrogens (tertiary/aromatic N) is 3. The molecule has 2 aromatic heterocycles. The van der Waals surface area contributed by atoms with Crippen LogP contribution in [0.1, 0.15) is 66.5 Å². The summed E-state index contributed by atoms with van der Waals surface area (Å²) in [4.78, 5) is 12.3. The van der Waals surface area contributed by atoms with Gasteiger partial charge in [0.25, 0.3) is 0 Å². The van der Waals surface area contributed by atoms with Crippen LogP contribution < -0.4 is 15.4 Å². The van der Waals surface area contributed by atoms with Crippen LogP contribution in [-0.4, -0.2) is 18.0 Å². The van der Waals surface area contributed by atoms with Gasteiger partial charge in [-0.2, -0.15) is 0 Å². The second kappa shape index (κ2) is 10.3. The lowest BCUT2D eigenvalue weighted by molar-refractivity contribution is 0.632. The Kier molecular flexibility index (Phi) is 6.97. The average Bonchev–Trinajstić information content (AvgIpc) is 2.97. The Hall–Kier alpha value is -4.02. The molecule has 0 saturated heterocycles. The molecule has 3 aromatic carbocycles. The van der Waals surface area contributed by atoms with Crippen LogP contribution in [-0.2, 0) is 5.41 Å². The Morgan fingerprint density at radius 2 is 1.26 bits per heavy atom. The SMILES string of the molecule is CC1(C)c2ccccc2N(c2cccc([Si](c3ccccn3)(C(C)(C)C)C(C)(C)C)c2)c2cc(-c3ccccn3)ccc21. The summed E-state index contributed by atoms with van der Waals surface area (Å²) < 4.78 is 0. The van der Waals surface area contributed by atoms with Gasteiger partial charge in [-0.3, -0.25) is 9.97 Å². The molecule has 0 bridgehead atoms. The van der Waals surface area contributed by atoms with E-state index >= 15 is 0 Å². The van der Waals surface area contributed by atoms with Crippen molar-refractivity contribution in [3.63, 3.8) is 0 Å². The highest BCUT2D eigenvalue weighted by molar-refractivity contribution is 7.05. The summed E-state index contributed by atoms with van der Waals surface area (Å²) in [6, 6.07) is 37.7. The van der Waals surface area contributed by atoms with Crippen molar-refractivity contribution in [3.8, 4) is 11.3 Å². The molecule has 1 aliphatic rings. The molecule has 0 saturated carbocycles. The monoisotopic (exact) mass is 581 g/mol. The van der Waals surface area contributed by atoms with Gasteiger partial charge in [0.05, 0.1) is 17.1 Å². The molecule has 5 aromatic rings. The van der Waals surface area contributed by atoms with Crippen LogP contribution in [0.2, 0.25) is 10.1 Å². The highest BCUT2D eigenvalue weighted by Crippen LogP contribution is 2.54. The van der Waals surface area contributed by atoms with E-state index in [-0.39, 0.29) is 15.5 Å². The van der Waals surface area contributed by atoms with Gasteiger partial charge in [0.1, 0.15) is 0 Å². The van der Waals surface area contributed by atoms with Gasteiger partial charge in [0.15, 0.2) is 8.07 Å². The van der Waals surface area contributed by atoms with Crippen LogP contribution in [0.15, 0.2) is 116 Å². The molecule has 0 amide bonds. The molecule has 0 aliphatic carbocycles. The molecule has 0 N–H and O–H groups in total. The third kappa shape index (κ3) is 4.55. The maximum Gasteiger partial charge on any atom is 0.151 e. The Morgan fingerprint density at radius 1 is 0.605 bits per heavy atom. The fourth-order valence-electron chi connectivity index (χ4n) is 8.06. The molecule has 0 unspecified atom stereocenters. The number of para-hydroxylation sites is 1. The van der Waals surface area contributed by atoms with Crippen LogP contribution >= 0.6 is 0 Å². The summed E-state index contributed by atoms with van der Waals surface area (Å²) in [5, 5.41) is 2.69. The van der Waals surface area contributed by atoms with E-state index in [1.54, 1.807) is 0 Å². The van der Waals surface area contributed by atoms with E-state index in [1.807, 2.05) is 24.5 Å². The highest BCUT2D eigenvalue weighted by Gasteiger charge is 2.56. The van der Waals surface area contributed by atoms with E-state index in [9.17, 15) is 0 Å². The maximum absolute atomic E-state index is 5.08. The van der Waals surface area contributed by atoms with Crippen molar-refractivity contribution < 1.29 is 0 Å². The lowest BCUT2D eigenvalue weighted by atomic mass is 9.73. The third-order valence-electron chi connectivity index (χ3n) is 9.53. The maximum atomic E-state index is 5.08. The van der Waals surface area contributed by atoms with Crippen molar-refractivity contribution >= 4 is 35.6 Å². The second-order valence-electron chi connectivity index (χ2n) is 14.4. The summed E-state index contributed by atoms with van der Waals surface area (Å²) in [7, 11) is -2.47. The molecule has 218 valence electrons. The molecular formula is C39H43N3Si. The van der Waals surface area contributed by atoms with Gasteiger partial charge < -0.3 is 4.90 Å². The van der Waals surface area contributed by atoms with Crippen LogP contribution in [0.4, 0.5) is 17.1 Å². The fraction of sp³-hybridized carbons (Fsp3) is 0.282. The van der Waals surface area contributed by atoms with Crippen LogP contribution in [0.5, 0.6) is 0 Å². The van der Waals surface area contributed by atoms with E-state index in [1.165, 1.54) is 38.7 Å². The lowest BCUT2D eigenvalue weighted by Crippen LogP contribution is -2.70. The fourth-order valence-corrected chi connectivity index (χ4v) is 15.2. The molecule has 3 heterocycles. The Bertz CT molecular complexity index is 1750. The molecule has 43 heavy (non-hydrogen) atoms. The first-order valence-corrected chi connectivity index (χ1v) is 17.3. The summed E-state index contributed by atoms with van der Waals surface area (Å²) in [6.45, 7) is 19.2. The predicted octanol–water partition coefficient (Wildman–Crippen LogP) is 9.42. The van der Waals surface area contributed by atoms with Gasteiger partial charge in [0, 0.05) is 34.4 Å². The largest absolute Gasteiger partial charge is 0.310 e. The average molecular weight is 582 g/mol. The van der Waals surface area contributed by atoms with Gasteiger partial charge >= 0.3 is 0 Å². The van der Waals surface area contributed by atoms with E-state index in [2.05, 4.69) is 151 Å². The normalized spacial score (nSPS) is 14.7. The predicted molar refractivity (Wildman–Crippen MR) is 185 cm³/mol. The first-order valence-electron chi connectivity index (χ1n) is 15.3. The number of benzene rings is 3. The zero-order valence-electron chi connectivity index (χ0n) is 26.8. The Morgan fingerprint density at radius 3 is 1.91 bits per heavy atom. The minimum atomic E-state index is -2.47. The smallest absolute Gasteiger partial charge is 0.151 e. The first-order chi connectivity index (χ1) is 20.4. The number of aromatic nitrogens is 2. The zero-order valence-corrected chi connectivity index (χ0v) is 27.8. The van der Waals surface area contributed by atoms with E-state index in [0.717, 1.165) is 11.3 Å². The molecule has 4 heteroatoms. The van der Waals surface area contributed by atoms with E-state index < -0.39 is 8.07 Å². The number of anilines is 3. The number of hydrogen-bond donors (Lipinski definition) is 0. The zero-order chi connectivity index (χ0) is 30.6. The number of fused-ring (bicyclic) bond motifs is 2. The number of pyridine rings is 2. The quantitative estimate of drug-likeness (QED) is 0.198. The topological polar surface area (TPSA) is 29.0 Å². The summed E-state index contributed by atoms with van der Waals surface area (Å²) in [5.41, 5.74) is 8.23. The van der Waals surface area contributed by atoms with Crippen LogP contribution in [0.3, 0.4) is 0 Å².